The van der Waals surface area contributed by atoms with Gasteiger partial charge in [-0.3, -0.25) is 4.79 Å². The van der Waals surface area contributed by atoms with Crippen molar-refractivity contribution in [2.45, 2.75) is 26.4 Å². The number of carbonyl (C=O) groups is 1. The quantitative estimate of drug-likeness (QED) is 0.634. The predicted octanol–water partition coefficient (Wildman–Crippen LogP) is 2.83. The third-order valence-corrected chi connectivity index (χ3v) is 4.72. The van der Waals surface area contributed by atoms with Crippen LogP contribution in [0.4, 0.5) is 0 Å². The number of rotatable bonds is 7. The fourth-order valence-electron chi connectivity index (χ4n) is 2.71. The zero-order chi connectivity index (χ0) is 18.7. The minimum absolute atomic E-state index is 0.0364. The number of ether oxygens (including phenoxy) is 1. The molecular weight excluding hydrogens is 356 g/mol. The summed E-state index contributed by atoms with van der Waals surface area (Å²) in [7, 11) is 3.39. The molecule has 0 bridgehead atoms. The van der Waals surface area contributed by atoms with Crippen LogP contribution < -0.4 is 0 Å². The normalized spacial score (nSPS) is 11.2. The van der Waals surface area contributed by atoms with Gasteiger partial charge in [0, 0.05) is 36.7 Å². The number of benzene rings is 1. The number of hydrogen-bond acceptors (Lipinski definition) is 5. The van der Waals surface area contributed by atoms with Crippen LogP contribution in [0.25, 0.3) is 11.0 Å². The summed E-state index contributed by atoms with van der Waals surface area (Å²) in [6.45, 7) is 3.50. The predicted molar refractivity (Wildman–Crippen MR) is 98.0 cm³/mol. The molecule has 0 saturated carbocycles. The zero-order valence-electron chi connectivity index (χ0n) is 15.0. The average Bonchev–Trinajstić information content (AvgIpc) is 3.21. The standard InChI is InChI=1S/C18H21ClN4O3/c1-12-6-16-14(8-15(12)19)13(10-26-16)7-18(24)22(2)9-17-21-20-11-23(17)4-5-25-3/h6,8,10-11H,4-5,7,9H2,1-3H3. The van der Waals surface area contributed by atoms with Gasteiger partial charge in [0.05, 0.1) is 25.8 Å². The van der Waals surface area contributed by atoms with E-state index >= 15 is 0 Å². The average molecular weight is 377 g/mol. The maximum atomic E-state index is 12.6. The van der Waals surface area contributed by atoms with Crippen LogP contribution in [-0.2, 0) is 29.0 Å². The van der Waals surface area contributed by atoms with Gasteiger partial charge in [-0.15, -0.1) is 10.2 Å². The molecule has 8 heteroatoms. The highest BCUT2D eigenvalue weighted by molar-refractivity contribution is 6.32. The third-order valence-electron chi connectivity index (χ3n) is 4.31. The number of furan rings is 1. The number of carbonyl (C=O) groups excluding carboxylic acids is 1. The van der Waals surface area contributed by atoms with Crippen LogP contribution in [0.2, 0.25) is 5.02 Å². The maximum absolute atomic E-state index is 12.6. The largest absolute Gasteiger partial charge is 0.464 e. The summed E-state index contributed by atoms with van der Waals surface area (Å²) in [5.41, 5.74) is 2.50. The lowest BCUT2D eigenvalue weighted by atomic mass is 10.1. The van der Waals surface area contributed by atoms with Crippen LogP contribution in [0.3, 0.4) is 0 Å². The van der Waals surface area contributed by atoms with Gasteiger partial charge in [-0.1, -0.05) is 11.6 Å². The summed E-state index contributed by atoms with van der Waals surface area (Å²) >= 11 is 6.20. The fourth-order valence-corrected chi connectivity index (χ4v) is 2.88. The molecule has 2 heterocycles. The number of aryl methyl sites for hydroxylation is 1. The van der Waals surface area contributed by atoms with Crippen LogP contribution in [0.1, 0.15) is 17.0 Å². The van der Waals surface area contributed by atoms with E-state index in [9.17, 15) is 4.79 Å². The molecular formula is C18H21ClN4O3. The number of nitrogens with zero attached hydrogens (tertiary/aromatic N) is 4. The van der Waals surface area contributed by atoms with Crippen molar-refractivity contribution in [3.63, 3.8) is 0 Å². The maximum Gasteiger partial charge on any atom is 0.227 e. The number of halogens is 1. The van der Waals surface area contributed by atoms with E-state index in [0.717, 1.165) is 22.1 Å². The molecule has 0 radical (unpaired) electrons. The van der Waals surface area contributed by atoms with E-state index < -0.39 is 0 Å². The van der Waals surface area contributed by atoms with Crippen molar-refractivity contribution in [1.82, 2.24) is 19.7 Å². The molecule has 138 valence electrons. The van der Waals surface area contributed by atoms with Crippen LogP contribution in [0.5, 0.6) is 0 Å². The topological polar surface area (TPSA) is 73.4 Å². The molecule has 0 aliphatic carbocycles. The van der Waals surface area contributed by atoms with E-state index in [1.54, 1.807) is 31.6 Å². The Bertz CT molecular complexity index is 918. The monoisotopic (exact) mass is 376 g/mol. The Kier molecular flexibility index (Phi) is 5.58. The van der Waals surface area contributed by atoms with Gasteiger partial charge in [-0.25, -0.2) is 0 Å². The molecule has 1 aromatic carbocycles. The number of hydrogen-bond donors (Lipinski definition) is 0. The summed E-state index contributed by atoms with van der Waals surface area (Å²) in [4.78, 5) is 14.3. The van der Waals surface area contributed by atoms with Gasteiger partial charge in [0.1, 0.15) is 11.9 Å². The van der Waals surface area contributed by atoms with Gasteiger partial charge in [0.2, 0.25) is 5.91 Å². The van der Waals surface area contributed by atoms with Crippen LogP contribution in [0, 0.1) is 6.92 Å². The van der Waals surface area contributed by atoms with Gasteiger partial charge in [0.15, 0.2) is 5.82 Å². The highest BCUT2D eigenvalue weighted by Crippen LogP contribution is 2.28. The van der Waals surface area contributed by atoms with Crippen LogP contribution >= 0.6 is 11.6 Å². The van der Waals surface area contributed by atoms with Crippen molar-refractivity contribution in [1.29, 1.82) is 0 Å². The smallest absolute Gasteiger partial charge is 0.227 e. The molecule has 2 aromatic heterocycles. The lowest BCUT2D eigenvalue weighted by molar-refractivity contribution is -0.129. The summed E-state index contributed by atoms with van der Waals surface area (Å²) in [5, 5.41) is 9.52. The summed E-state index contributed by atoms with van der Waals surface area (Å²) in [6.07, 6.45) is 3.49. The minimum Gasteiger partial charge on any atom is -0.464 e. The molecule has 0 N–H and O–H groups in total. The molecule has 7 nitrogen and oxygen atoms in total. The fraction of sp³-hybridized carbons (Fsp3) is 0.389. The molecule has 3 aromatic rings. The first-order valence-electron chi connectivity index (χ1n) is 8.25. The second-order valence-electron chi connectivity index (χ2n) is 6.22. The second-order valence-corrected chi connectivity index (χ2v) is 6.63. The van der Waals surface area contributed by atoms with E-state index in [4.69, 9.17) is 20.8 Å². The van der Waals surface area contributed by atoms with Gasteiger partial charge in [0.25, 0.3) is 0 Å². The van der Waals surface area contributed by atoms with Gasteiger partial charge < -0.3 is 18.6 Å². The molecule has 0 fully saturated rings. The minimum atomic E-state index is -0.0364. The zero-order valence-corrected chi connectivity index (χ0v) is 15.8. The number of aromatic nitrogens is 3. The Morgan fingerprint density at radius 1 is 1.42 bits per heavy atom. The Labute approximate surface area is 156 Å². The highest BCUT2D eigenvalue weighted by atomic mass is 35.5. The van der Waals surface area contributed by atoms with Crippen molar-refractivity contribution in [2.24, 2.45) is 0 Å². The molecule has 0 aliphatic heterocycles. The molecule has 0 unspecified atom stereocenters. The summed E-state index contributed by atoms with van der Waals surface area (Å²) in [6, 6.07) is 3.73. The second kappa shape index (κ2) is 7.88. The lowest BCUT2D eigenvalue weighted by Gasteiger charge is -2.17. The van der Waals surface area contributed by atoms with Crippen LogP contribution in [-0.4, -0.2) is 46.3 Å². The Morgan fingerprint density at radius 2 is 2.23 bits per heavy atom. The van der Waals surface area contributed by atoms with E-state index in [-0.39, 0.29) is 12.3 Å². The first-order chi connectivity index (χ1) is 12.5. The number of methoxy groups -OCH3 is 1. The summed E-state index contributed by atoms with van der Waals surface area (Å²) in [5.74, 6) is 0.680. The first-order valence-corrected chi connectivity index (χ1v) is 8.63. The Balaban J connectivity index is 1.70. The van der Waals surface area contributed by atoms with E-state index in [1.165, 1.54) is 0 Å². The number of likely N-dealkylation sites (N-methyl/N-ethyl adjacent to an activating group) is 1. The van der Waals surface area contributed by atoms with E-state index in [2.05, 4.69) is 10.2 Å². The molecule has 0 atom stereocenters. The summed E-state index contributed by atoms with van der Waals surface area (Å²) < 4.78 is 12.5. The van der Waals surface area contributed by atoms with Crippen LogP contribution in [0.15, 0.2) is 29.1 Å². The SMILES string of the molecule is COCCn1cnnc1CN(C)C(=O)Cc1coc2cc(C)c(Cl)cc12. The third kappa shape index (κ3) is 3.89. The first kappa shape index (κ1) is 18.4. The van der Waals surface area contributed by atoms with Crippen molar-refractivity contribution < 1.29 is 13.9 Å². The van der Waals surface area contributed by atoms with Crippen molar-refractivity contribution in [3.8, 4) is 0 Å². The van der Waals surface area contributed by atoms with Gasteiger partial charge >= 0.3 is 0 Å². The Hall–Kier alpha value is -2.38. The highest BCUT2D eigenvalue weighted by Gasteiger charge is 2.17. The molecule has 1 amide bonds. The van der Waals surface area contributed by atoms with Gasteiger partial charge in [-0.05, 0) is 24.6 Å². The Morgan fingerprint density at radius 3 is 3.00 bits per heavy atom. The molecule has 0 spiro atoms. The molecule has 0 saturated heterocycles. The molecule has 26 heavy (non-hydrogen) atoms. The number of fused-ring (bicyclic) bond motifs is 1. The van der Waals surface area contributed by atoms with E-state index in [0.29, 0.717) is 30.5 Å². The van der Waals surface area contributed by atoms with E-state index in [1.807, 2.05) is 23.6 Å². The lowest BCUT2D eigenvalue weighted by Crippen LogP contribution is -2.29. The number of amides is 1. The van der Waals surface area contributed by atoms with Gasteiger partial charge in [-0.2, -0.15) is 0 Å². The van der Waals surface area contributed by atoms with Crippen molar-refractivity contribution in [3.05, 3.63) is 46.7 Å². The van der Waals surface area contributed by atoms with Crippen molar-refractivity contribution in [2.75, 3.05) is 20.8 Å². The van der Waals surface area contributed by atoms with Crippen molar-refractivity contribution >= 4 is 28.5 Å². The molecule has 3 rings (SSSR count). The molecule has 0 aliphatic rings.